The van der Waals surface area contributed by atoms with Gasteiger partial charge in [0.15, 0.2) is 0 Å². The Morgan fingerprint density at radius 2 is 1.84 bits per heavy atom. The number of hydrogen-bond donors (Lipinski definition) is 1. The minimum absolute atomic E-state index is 0. The van der Waals surface area contributed by atoms with Gasteiger partial charge in [-0.1, -0.05) is 69.8 Å². The summed E-state index contributed by atoms with van der Waals surface area (Å²) in [6.07, 6.45) is 6.07. The predicted molar refractivity (Wildman–Crippen MR) is 80.6 cm³/mol. The largest absolute Gasteiger partial charge is 0.348 e. The molecule has 0 saturated carbocycles. The van der Waals surface area contributed by atoms with Crippen molar-refractivity contribution in [1.82, 2.24) is 5.32 Å². The lowest BCUT2D eigenvalue weighted by Crippen LogP contribution is -2.25. The Bertz CT molecular complexity index is 473. The zero-order valence-electron chi connectivity index (χ0n) is 10.9. The summed E-state index contributed by atoms with van der Waals surface area (Å²) in [6, 6.07) is 9.95. The van der Waals surface area contributed by atoms with Crippen molar-refractivity contribution in [2.24, 2.45) is 11.8 Å². The molecule has 2 atom stereocenters. The molecule has 1 aromatic carbocycles. The summed E-state index contributed by atoms with van der Waals surface area (Å²) in [5.41, 5.74) is 1.89. The number of carbonyl (C=O) groups is 1. The number of allylic oxidation sites excluding steroid dienone is 2. The van der Waals surface area contributed by atoms with Crippen molar-refractivity contribution in [1.29, 1.82) is 0 Å². The van der Waals surface area contributed by atoms with Gasteiger partial charge in [0, 0.05) is 12.1 Å². The van der Waals surface area contributed by atoms with Gasteiger partial charge in [0.05, 0.1) is 0 Å². The highest BCUT2D eigenvalue weighted by Crippen LogP contribution is 2.21. The van der Waals surface area contributed by atoms with Gasteiger partial charge in [-0.3, -0.25) is 4.79 Å². The Hall–Kier alpha value is -1.83. The first kappa shape index (κ1) is 15.2. The van der Waals surface area contributed by atoms with Crippen LogP contribution in [0.15, 0.2) is 54.1 Å². The molecule has 102 valence electrons. The Morgan fingerprint density at radius 3 is 2.47 bits per heavy atom. The van der Waals surface area contributed by atoms with Crippen molar-refractivity contribution in [2.75, 3.05) is 0 Å². The monoisotopic (exact) mass is 257 g/mol. The van der Waals surface area contributed by atoms with E-state index in [9.17, 15) is 4.79 Å². The van der Waals surface area contributed by atoms with Gasteiger partial charge >= 0.3 is 0 Å². The molecule has 2 nitrogen and oxygen atoms in total. The van der Waals surface area contributed by atoms with Crippen LogP contribution >= 0.6 is 0 Å². The molecule has 0 heterocycles. The van der Waals surface area contributed by atoms with E-state index in [1.165, 1.54) is 0 Å². The maximum absolute atomic E-state index is 12.0. The Morgan fingerprint density at radius 1 is 1.16 bits per heavy atom. The summed E-state index contributed by atoms with van der Waals surface area (Å²) in [6.45, 7) is 4.88. The van der Waals surface area contributed by atoms with Gasteiger partial charge in [-0.05, 0) is 17.4 Å². The zero-order valence-corrected chi connectivity index (χ0v) is 10.9. The number of nitrogens with one attached hydrogen (secondary N) is 1. The van der Waals surface area contributed by atoms with Gasteiger partial charge < -0.3 is 5.32 Å². The average Bonchev–Trinajstić information content (AvgIpc) is 2.40. The molecule has 2 unspecified atom stereocenters. The second kappa shape index (κ2) is 6.93. The van der Waals surface area contributed by atoms with Crippen LogP contribution in [0.2, 0.25) is 0 Å². The molecule has 0 spiro atoms. The van der Waals surface area contributed by atoms with Crippen LogP contribution < -0.4 is 5.32 Å². The molecule has 0 saturated heterocycles. The maximum atomic E-state index is 12.0. The Balaban J connectivity index is 0.00000180. The van der Waals surface area contributed by atoms with Gasteiger partial charge in [-0.15, -0.1) is 0 Å². The molecule has 1 aromatic rings. The van der Waals surface area contributed by atoms with Gasteiger partial charge in [0.25, 0.3) is 5.91 Å². The normalized spacial score (nSPS) is 21.3. The Kier molecular flexibility index (Phi) is 5.56. The molecule has 0 aromatic heterocycles. The van der Waals surface area contributed by atoms with Crippen LogP contribution in [0.25, 0.3) is 0 Å². The number of benzene rings is 1. The molecular weight excluding hydrogens is 234 g/mol. The van der Waals surface area contributed by atoms with E-state index in [1.54, 1.807) is 0 Å². The lowest BCUT2D eigenvalue weighted by molar-refractivity contribution is -0.117. The van der Waals surface area contributed by atoms with E-state index in [0.717, 1.165) is 11.1 Å². The first-order valence-corrected chi connectivity index (χ1v) is 6.39. The van der Waals surface area contributed by atoms with E-state index >= 15 is 0 Å². The fourth-order valence-corrected chi connectivity index (χ4v) is 1.95. The van der Waals surface area contributed by atoms with Crippen LogP contribution in [-0.4, -0.2) is 5.91 Å². The highest BCUT2D eigenvalue weighted by Gasteiger charge is 2.15. The molecule has 1 aliphatic carbocycles. The number of carbonyl (C=O) groups excluding carboxylic acids is 1. The molecule has 0 bridgehead atoms. The number of amides is 1. The van der Waals surface area contributed by atoms with Crippen LogP contribution in [0.1, 0.15) is 26.8 Å². The first-order valence-electron chi connectivity index (χ1n) is 6.39. The van der Waals surface area contributed by atoms with Crippen molar-refractivity contribution in [3.8, 4) is 0 Å². The lowest BCUT2D eigenvalue weighted by atomic mass is 9.88. The van der Waals surface area contributed by atoms with Crippen molar-refractivity contribution in [2.45, 2.75) is 27.8 Å². The summed E-state index contributed by atoms with van der Waals surface area (Å²) in [5.74, 6) is 0.942. The Labute approximate surface area is 116 Å². The average molecular weight is 257 g/mol. The van der Waals surface area contributed by atoms with Crippen LogP contribution in [0.4, 0.5) is 0 Å². The molecule has 19 heavy (non-hydrogen) atoms. The quantitative estimate of drug-likeness (QED) is 0.878. The SMILES string of the molecule is C.CC1C=CC(C(=O)NCc2ccccc2)=CC1C. The molecule has 1 amide bonds. The van der Waals surface area contributed by atoms with Gasteiger partial charge in [-0.25, -0.2) is 0 Å². The fraction of sp³-hybridized carbons (Fsp3) is 0.353. The summed E-state index contributed by atoms with van der Waals surface area (Å²) in [4.78, 5) is 12.0. The third-order valence-corrected chi connectivity index (χ3v) is 3.41. The van der Waals surface area contributed by atoms with Crippen LogP contribution in [-0.2, 0) is 11.3 Å². The van der Waals surface area contributed by atoms with Crippen molar-refractivity contribution < 1.29 is 4.79 Å². The van der Waals surface area contributed by atoms with Crippen LogP contribution in [0.3, 0.4) is 0 Å². The number of hydrogen-bond acceptors (Lipinski definition) is 1. The second-order valence-electron chi connectivity index (χ2n) is 4.87. The summed E-state index contributed by atoms with van der Waals surface area (Å²) >= 11 is 0. The highest BCUT2D eigenvalue weighted by molar-refractivity contribution is 5.96. The minimum atomic E-state index is 0. The standard InChI is InChI=1S/C16H19NO.CH4/c1-12-8-9-15(10-13(12)2)16(18)17-11-14-6-4-3-5-7-14;/h3-10,12-13H,11H2,1-2H3,(H,17,18);1H4. The summed E-state index contributed by atoms with van der Waals surface area (Å²) < 4.78 is 0. The van der Waals surface area contributed by atoms with Gasteiger partial charge in [-0.2, -0.15) is 0 Å². The minimum Gasteiger partial charge on any atom is -0.348 e. The molecular formula is C17H23NO. The van der Waals surface area contributed by atoms with Crippen molar-refractivity contribution >= 4 is 5.91 Å². The van der Waals surface area contributed by atoms with Gasteiger partial charge in [0.2, 0.25) is 0 Å². The van der Waals surface area contributed by atoms with Crippen molar-refractivity contribution in [3.05, 3.63) is 59.7 Å². The maximum Gasteiger partial charge on any atom is 0.251 e. The molecule has 2 heteroatoms. The zero-order chi connectivity index (χ0) is 13.0. The number of rotatable bonds is 3. The fourth-order valence-electron chi connectivity index (χ4n) is 1.95. The van der Waals surface area contributed by atoms with E-state index < -0.39 is 0 Å². The van der Waals surface area contributed by atoms with E-state index in [4.69, 9.17) is 0 Å². The third-order valence-electron chi connectivity index (χ3n) is 3.41. The molecule has 2 rings (SSSR count). The van der Waals surface area contributed by atoms with E-state index in [-0.39, 0.29) is 13.3 Å². The highest BCUT2D eigenvalue weighted by atomic mass is 16.1. The van der Waals surface area contributed by atoms with Crippen molar-refractivity contribution in [3.63, 3.8) is 0 Å². The van der Waals surface area contributed by atoms with Crippen LogP contribution in [0, 0.1) is 11.8 Å². The molecule has 1 aliphatic rings. The topological polar surface area (TPSA) is 29.1 Å². The van der Waals surface area contributed by atoms with E-state index in [1.807, 2.05) is 42.5 Å². The van der Waals surface area contributed by atoms with E-state index in [0.29, 0.717) is 18.4 Å². The van der Waals surface area contributed by atoms with E-state index in [2.05, 4.69) is 25.2 Å². The van der Waals surface area contributed by atoms with Gasteiger partial charge in [0.1, 0.15) is 0 Å². The second-order valence-corrected chi connectivity index (χ2v) is 4.87. The summed E-state index contributed by atoms with van der Waals surface area (Å²) in [5, 5.41) is 2.95. The molecule has 0 radical (unpaired) electrons. The van der Waals surface area contributed by atoms with Crippen LogP contribution in [0.5, 0.6) is 0 Å². The lowest BCUT2D eigenvalue weighted by Gasteiger charge is -2.18. The third kappa shape index (κ3) is 4.09. The predicted octanol–water partition coefficient (Wildman–Crippen LogP) is 3.71. The smallest absolute Gasteiger partial charge is 0.251 e. The summed E-state index contributed by atoms with van der Waals surface area (Å²) in [7, 11) is 0. The first-order chi connectivity index (χ1) is 8.66. The molecule has 1 N–H and O–H groups in total. The molecule has 0 fully saturated rings. The molecule has 0 aliphatic heterocycles.